The standard InChI is InChI=1S/C14H27N3O/c1-2-17(10-11-5-6-11)9-7-12-4-3-8-14(12,16)13(15)18/h11-12H,2-10,16H2,1H3,(H2,15,18). The van der Waals surface area contributed by atoms with Crippen LogP contribution in [0.4, 0.5) is 0 Å². The van der Waals surface area contributed by atoms with Crippen molar-refractivity contribution in [3.05, 3.63) is 0 Å². The first-order valence-corrected chi connectivity index (χ1v) is 7.37. The Morgan fingerprint density at radius 2 is 2.11 bits per heavy atom. The number of primary amides is 1. The van der Waals surface area contributed by atoms with Gasteiger partial charge in [-0.3, -0.25) is 4.79 Å². The van der Waals surface area contributed by atoms with E-state index in [1.165, 1.54) is 19.4 Å². The van der Waals surface area contributed by atoms with Gasteiger partial charge in [-0.15, -0.1) is 0 Å². The molecule has 2 rings (SSSR count). The van der Waals surface area contributed by atoms with Gasteiger partial charge in [0.05, 0.1) is 5.54 Å². The van der Waals surface area contributed by atoms with E-state index in [-0.39, 0.29) is 11.8 Å². The van der Waals surface area contributed by atoms with E-state index in [0.29, 0.717) is 0 Å². The van der Waals surface area contributed by atoms with Crippen LogP contribution in [-0.2, 0) is 4.79 Å². The highest BCUT2D eigenvalue weighted by molar-refractivity contribution is 5.85. The molecule has 4 N–H and O–H groups in total. The van der Waals surface area contributed by atoms with E-state index in [2.05, 4.69) is 11.8 Å². The lowest BCUT2D eigenvalue weighted by Gasteiger charge is -2.30. The number of carbonyl (C=O) groups is 1. The fourth-order valence-corrected chi connectivity index (χ4v) is 3.21. The number of carbonyl (C=O) groups excluding carboxylic acids is 1. The molecule has 2 aliphatic carbocycles. The molecule has 104 valence electrons. The lowest BCUT2D eigenvalue weighted by atomic mass is 9.85. The van der Waals surface area contributed by atoms with Crippen LogP contribution >= 0.6 is 0 Å². The summed E-state index contributed by atoms with van der Waals surface area (Å²) >= 11 is 0. The van der Waals surface area contributed by atoms with Gasteiger partial charge in [-0.2, -0.15) is 0 Å². The first-order chi connectivity index (χ1) is 8.56. The van der Waals surface area contributed by atoms with Crippen molar-refractivity contribution in [1.29, 1.82) is 0 Å². The van der Waals surface area contributed by atoms with Crippen LogP contribution in [0.3, 0.4) is 0 Å². The molecular weight excluding hydrogens is 226 g/mol. The van der Waals surface area contributed by atoms with Crippen molar-refractivity contribution < 1.29 is 4.79 Å². The highest BCUT2D eigenvalue weighted by Crippen LogP contribution is 2.36. The Labute approximate surface area is 110 Å². The second kappa shape index (κ2) is 5.57. The van der Waals surface area contributed by atoms with Gasteiger partial charge in [0.25, 0.3) is 0 Å². The van der Waals surface area contributed by atoms with Crippen molar-refractivity contribution in [1.82, 2.24) is 4.90 Å². The summed E-state index contributed by atoms with van der Waals surface area (Å²) in [6, 6.07) is 0. The lowest BCUT2D eigenvalue weighted by molar-refractivity contribution is -0.124. The first-order valence-electron chi connectivity index (χ1n) is 7.37. The normalized spacial score (nSPS) is 32.1. The first kappa shape index (κ1) is 13.8. The molecule has 4 heteroatoms. The van der Waals surface area contributed by atoms with Crippen molar-refractivity contribution in [2.75, 3.05) is 19.6 Å². The maximum Gasteiger partial charge on any atom is 0.237 e. The topological polar surface area (TPSA) is 72.3 Å². The van der Waals surface area contributed by atoms with E-state index >= 15 is 0 Å². The molecule has 0 bridgehead atoms. The second-order valence-corrected chi connectivity index (χ2v) is 6.12. The fraction of sp³-hybridized carbons (Fsp3) is 0.929. The molecule has 0 aliphatic heterocycles. The van der Waals surface area contributed by atoms with Crippen LogP contribution in [-0.4, -0.2) is 36.0 Å². The molecule has 0 aromatic carbocycles. The summed E-state index contributed by atoms with van der Waals surface area (Å²) < 4.78 is 0. The quantitative estimate of drug-likeness (QED) is 0.713. The molecule has 2 saturated carbocycles. The predicted octanol–water partition coefficient (Wildman–Crippen LogP) is 1.09. The van der Waals surface area contributed by atoms with Gasteiger partial charge in [-0.1, -0.05) is 13.3 Å². The third kappa shape index (κ3) is 3.04. The zero-order valence-electron chi connectivity index (χ0n) is 11.5. The zero-order chi connectivity index (χ0) is 13.2. The highest BCUT2D eigenvalue weighted by Gasteiger charge is 2.44. The summed E-state index contributed by atoms with van der Waals surface area (Å²) in [5.41, 5.74) is 10.9. The van der Waals surface area contributed by atoms with Crippen LogP contribution in [0.25, 0.3) is 0 Å². The number of amides is 1. The minimum atomic E-state index is -0.737. The smallest absolute Gasteiger partial charge is 0.237 e. The van der Waals surface area contributed by atoms with E-state index in [9.17, 15) is 4.79 Å². The fourth-order valence-electron chi connectivity index (χ4n) is 3.21. The van der Waals surface area contributed by atoms with Crippen LogP contribution in [0.1, 0.15) is 45.4 Å². The Morgan fingerprint density at radius 1 is 1.39 bits per heavy atom. The third-order valence-corrected chi connectivity index (χ3v) is 4.78. The molecule has 2 unspecified atom stereocenters. The largest absolute Gasteiger partial charge is 0.368 e. The molecule has 2 aliphatic rings. The molecule has 0 radical (unpaired) electrons. The van der Waals surface area contributed by atoms with Gasteiger partial charge in [0.2, 0.25) is 5.91 Å². The number of nitrogens with two attached hydrogens (primary N) is 2. The minimum absolute atomic E-state index is 0.281. The van der Waals surface area contributed by atoms with Gasteiger partial charge in [0.1, 0.15) is 0 Å². The van der Waals surface area contributed by atoms with Crippen molar-refractivity contribution in [3.8, 4) is 0 Å². The average Bonchev–Trinajstić information content (AvgIpc) is 3.07. The molecular formula is C14H27N3O. The maximum atomic E-state index is 11.5. The van der Waals surface area contributed by atoms with Crippen molar-refractivity contribution in [2.45, 2.75) is 51.0 Å². The van der Waals surface area contributed by atoms with Crippen LogP contribution in [0.5, 0.6) is 0 Å². The molecule has 0 heterocycles. The molecule has 2 fully saturated rings. The van der Waals surface area contributed by atoms with E-state index < -0.39 is 5.54 Å². The minimum Gasteiger partial charge on any atom is -0.368 e. The van der Waals surface area contributed by atoms with Gasteiger partial charge in [-0.25, -0.2) is 0 Å². The Hall–Kier alpha value is -0.610. The monoisotopic (exact) mass is 253 g/mol. The van der Waals surface area contributed by atoms with Crippen LogP contribution in [0.2, 0.25) is 0 Å². The van der Waals surface area contributed by atoms with Crippen molar-refractivity contribution in [2.24, 2.45) is 23.3 Å². The molecule has 0 spiro atoms. The zero-order valence-corrected chi connectivity index (χ0v) is 11.5. The second-order valence-electron chi connectivity index (χ2n) is 6.12. The Morgan fingerprint density at radius 3 is 2.67 bits per heavy atom. The van der Waals surface area contributed by atoms with Crippen LogP contribution < -0.4 is 11.5 Å². The number of nitrogens with zero attached hydrogens (tertiary/aromatic N) is 1. The molecule has 2 atom stereocenters. The summed E-state index contributed by atoms with van der Waals surface area (Å²) in [5, 5.41) is 0. The summed E-state index contributed by atoms with van der Waals surface area (Å²) in [7, 11) is 0. The van der Waals surface area contributed by atoms with E-state index in [1.807, 2.05) is 0 Å². The van der Waals surface area contributed by atoms with Crippen LogP contribution in [0, 0.1) is 11.8 Å². The number of rotatable bonds is 7. The summed E-state index contributed by atoms with van der Waals surface area (Å²) in [4.78, 5) is 14.0. The third-order valence-electron chi connectivity index (χ3n) is 4.78. The summed E-state index contributed by atoms with van der Waals surface area (Å²) in [6.45, 7) is 5.58. The Kier molecular flexibility index (Phi) is 4.28. The van der Waals surface area contributed by atoms with Crippen molar-refractivity contribution in [3.63, 3.8) is 0 Å². The van der Waals surface area contributed by atoms with Gasteiger partial charge in [0, 0.05) is 6.54 Å². The van der Waals surface area contributed by atoms with Gasteiger partial charge in [-0.05, 0) is 57.0 Å². The van der Waals surface area contributed by atoms with Crippen molar-refractivity contribution >= 4 is 5.91 Å². The van der Waals surface area contributed by atoms with E-state index in [4.69, 9.17) is 11.5 Å². The molecule has 1 amide bonds. The Balaban J connectivity index is 1.82. The van der Waals surface area contributed by atoms with E-state index in [1.54, 1.807) is 0 Å². The van der Waals surface area contributed by atoms with Crippen LogP contribution in [0.15, 0.2) is 0 Å². The van der Waals surface area contributed by atoms with Gasteiger partial charge in [0.15, 0.2) is 0 Å². The molecule has 0 aromatic rings. The molecule has 4 nitrogen and oxygen atoms in total. The SMILES string of the molecule is CCN(CCC1CCCC1(N)C(N)=O)CC1CC1. The summed E-state index contributed by atoms with van der Waals surface area (Å²) in [5.74, 6) is 0.894. The van der Waals surface area contributed by atoms with Gasteiger partial charge >= 0.3 is 0 Å². The highest BCUT2D eigenvalue weighted by atomic mass is 16.1. The molecule has 0 aromatic heterocycles. The molecule has 18 heavy (non-hydrogen) atoms. The summed E-state index contributed by atoms with van der Waals surface area (Å²) in [6.07, 6.45) is 6.66. The lowest BCUT2D eigenvalue weighted by Crippen LogP contribution is -2.55. The average molecular weight is 253 g/mol. The predicted molar refractivity (Wildman–Crippen MR) is 72.9 cm³/mol. The maximum absolute atomic E-state index is 11.5. The molecule has 0 saturated heterocycles. The Bertz CT molecular complexity index is 303. The number of hydrogen-bond acceptors (Lipinski definition) is 3. The van der Waals surface area contributed by atoms with E-state index in [0.717, 1.165) is 44.7 Å². The number of hydrogen-bond donors (Lipinski definition) is 2. The van der Waals surface area contributed by atoms with Gasteiger partial charge < -0.3 is 16.4 Å².